The van der Waals surface area contributed by atoms with Gasteiger partial charge in [-0.3, -0.25) is 9.79 Å². The van der Waals surface area contributed by atoms with Gasteiger partial charge in [0.25, 0.3) is 0 Å². The smallest absolute Gasteiger partial charge is 0.184 e. The monoisotopic (exact) mass is 319 g/mol. The number of hydrogen-bond acceptors (Lipinski definition) is 3. The van der Waals surface area contributed by atoms with Crippen LogP contribution in [0.5, 0.6) is 0 Å². The molecule has 4 heteroatoms. The number of rotatable bonds is 9. The molecule has 0 radical (unpaired) electrons. The quantitative estimate of drug-likeness (QED) is 0.213. The molecule has 0 aromatic carbocycles. The lowest BCUT2D eigenvalue weighted by Crippen LogP contribution is -2.01. The number of carbonyl (C=O) groups is 1. The number of aliphatic hydroxyl groups excluding tert-OH is 1. The van der Waals surface area contributed by atoms with Crippen molar-refractivity contribution in [3.05, 3.63) is 59.7 Å². The topological polar surface area (TPSA) is 49.7 Å². The fourth-order valence-corrected chi connectivity index (χ4v) is 1.52. The van der Waals surface area contributed by atoms with Gasteiger partial charge in [0.2, 0.25) is 0 Å². The molecule has 0 spiro atoms. The molecular weight excluding hydrogens is 293 g/mol. The highest BCUT2D eigenvalue weighted by molar-refractivity contribution is 5.97. The molecule has 0 unspecified atom stereocenters. The molecule has 0 rings (SSSR count). The SMILES string of the molecule is C=C/C(F)=C\C=C(/C)CC(/C=C(\C)C(C)C)=NC/C=C(\O)C=O. The maximum absolute atomic E-state index is 13.1. The third kappa shape index (κ3) is 10.2. The van der Waals surface area contributed by atoms with E-state index in [2.05, 4.69) is 25.4 Å². The number of halogens is 1. The summed E-state index contributed by atoms with van der Waals surface area (Å²) in [4.78, 5) is 14.8. The average molecular weight is 319 g/mol. The molecule has 0 aliphatic carbocycles. The molecule has 3 nitrogen and oxygen atoms in total. The van der Waals surface area contributed by atoms with Crippen LogP contribution < -0.4 is 0 Å². The summed E-state index contributed by atoms with van der Waals surface area (Å²) in [5.41, 5.74) is 2.93. The maximum atomic E-state index is 13.1. The van der Waals surface area contributed by atoms with Crippen LogP contribution in [0.4, 0.5) is 4.39 Å². The van der Waals surface area contributed by atoms with Crippen LogP contribution in [0.25, 0.3) is 0 Å². The number of aliphatic hydroxyl groups is 1. The van der Waals surface area contributed by atoms with Gasteiger partial charge in [-0.25, -0.2) is 4.39 Å². The highest BCUT2D eigenvalue weighted by Gasteiger charge is 2.02. The van der Waals surface area contributed by atoms with Crippen molar-refractivity contribution in [1.82, 2.24) is 0 Å². The summed E-state index contributed by atoms with van der Waals surface area (Å²) >= 11 is 0. The molecule has 0 saturated carbocycles. The zero-order chi connectivity index (χ0) is 17.8. The Morgan fingerprint density at radius 3 is 2.48 bits per heavy atom. The molecule has 0 fully saturated rings. The minimum absolute atomic E-state index is 0.214. The number of aldehydes is 1. The van der Waals surface area contributed by atoms with Crippen molar-refractivity contribution >= 4 is 12.0 Å². The third-order valence-corrected chi connectivity index (χ3v) is 3.20. The van der Waals surface area contributed by atoms with Crippen molar-refractivity contribution in [3.63, 3.8) is 0 Å². The van der Waals surface area contributed by atoms with Crippen molar-refractivity contribution in [3.8, 4) is 0 Å². The van der Waals surface area contributed by atoms with Crippen molar-refractivity contribution in [2.24, 2.45) is 10.9 Å². The standard InChI is InChI=1S/C19H26FNO2/c1-6-17(20)8-7-15(4)11-18(12-16(5)14(2)3)21-10-9-19(23)13-22/h6-9,12-14,23H,1,10-11H2,2-5H3/b15-7+,16-12+,17-8+,19-9-,21-18?. The van der Waals surface area contributed by atoms with Gasteiger partial charge in [0.05, 0.1) is 6.54 Å². The van der Waals surface area contributed by atoms with Crippen molar-refractivity contribution in [2.75, 3.05) is 6.54 Å². The second kappa shape index (κ2) is 11.4. The lowest BCUT2D eigenvalue weighted by atomic mass is 10.0. The van der Waals surface area contributed by atoms with Crippen LogP contribution in [0.1, 0.15) is 34.1 Å². The summed E-state index contributed by atoms with van der Waals surface area (Å²) in [6.07, 6.45) is 8.46. The van der Waals surface area contributed by atoms with Gasteiger partial charge in [-0.05, 0) is 44.1 Å². The first-order chi connectivity index (χ1) is 10.8. The summed E-state index contributed by atoms with van der Waals surface area (Å²) in [7, 11) is 0. The Hall–Kier alpha value is -2.23. The average Bonchev–Trinajstić information content (AvgIpc) is 2.51. The van der Waals surface area contributed by atoms with Gasteiger partial charge in [-0.15, -0.1) is 0 Å². The Balaban J connectivity index is 5.28. The van der Waals surface area contributed by atoms with Crippen LogP contribution in [-0.4, -0.2) is 23.6 Å². The Bertz CT molecular complexity index is 564. The molecule has 0 bridgehead atoms. The van der Waals surface area contributed by atoms with Gasteiger partial charge in [-0.1, -0.05) is 37.6 Å². The molecule has 0 aliphatic rings. The molecule has 23 heavy (non-hydrogen) atoms. The molecule has 0 aromatic rings. The van der Waals surface area contributed by atoms with E-state index in [0.717, 1.165) is 17.4 Å². The Morgan fingerprint density at radius 2 is 1.96 bits per heavy atom. The number of allylic oxidation sites excluding steroid dienone is 8. The Labute approximate surface area is 138 Å². The van der Waals surface area contributed by atoms with Gasteiger partial charge >= 0.3 is 0 Å². The van der Waals surface area contributed by atoms with E-state index >= 15 is 0 Å². The Morgan fingerprint density at radius 1 is 1.30 bits per heavy atom. The zero-order valence-corrected chi connectivity index (χ0v) is 14.3. The highest BCUT2D eigenvalue weighted by atomic mass is 19.1. The van der Waals surface area contributed by atoms with Crippen LogP contribution in [-0.2, 0) is 4.79 Å². The molecule has 0 atom stereocenters. The first kappa shape index (κ1) is 20.8. The highest BCUT2D eigenvalue weighted by Crippen LogP contribution is 2.12. The second-order valence-corrected chi connectivity index (χ2v) is 5.57. The molecular formula is C19H26FNO2. The van der Waals surface area contributed by atoms with Crippen molar-refractivity contribution in [1.29, 1.82) is 0 Å². The van der Waals surface area contributed by atoms with Crippen LogP contribution in [0.15, 0.2) is 64.7 Å². The molecule has 126 valence electrons. The largest absolute Gasteiger partial charge is 0.505 e. The first-order valence-corrected chi connectivity index (χ1v) is 7.51. The fraction of sp³-hybridized carbons (Fsp3) is 0.368. The van der Waals surface area contributed by atoms with E-state index in [1.807, 2.05) is 19.9 Å². The number of aliphatic imine (C=N–C) groups is 1. The van der Waals surface area contributed by atoms with E-state index in [1.165, 1.54) is 17.7 Å². The van der Waals surface area contributed by atoms with Crippen LogP contribution in [0, 0.1) is 5.92 Å². The van der Waals surface area contributed by atoms with Crippen LogP contribution >= 0.6 is 0 Å². The lowest BCUT2D eigenvalue weighted by Gasteiger charge is -2.08. The second-order valence-electron chi connectivity index (χ2n) is 5.57. The molecule has 0 heterocycles. The van der Waals surface area contributed by atoms with E-state index in [0.29, 0.717) is 18.6 Å². The van der Waals surface area contributed by atoms with Gasteiger partial charge in [-0.2, -0.15) is 0 Å². The predicted octanol–water partition coefficient (Wildman–Crippen LogP) is 5.05. The fourth-order valence-electron chi connectivity index (χ4n) is 1.52. The van der Waals surface area contributed by atoms with Crippen LogP contribution in [0.2, 0.25) is 0 Å². The van der Waals surface area contributed by atoms with E-state index < -0.39 is 5.83 Å². The van der Waals surface area contributed by atoms with Crippen molar-refractivity contribution < 1.29 is 14.3 Å². The number of hydrogen-bond donors (Lipinski definition) is 1. The van der Waals surface area contributed by atoms with Crippen LogP contribution in [0.3, 0.4) is 0 Å². The third-order valence-electron chi connectivity index (χ3n) is 3.20. The van der Waals surface area contributed by atoms with E-state index in [4.69, 9.17) is 5.11 Å². The van der Waals surface area contributed by atoms with Gasteiger partial charge in [0, 0.05) is 12.1 Å². The molecule has 0 aliphatic heterocycles. The molecule has 0 amide bonds. The van der Waals surface area contributed by atoms with Gasteiger partial charge < -0.3 is 5.11 Å². The molecule has 0 saturated heterocycles. The van der Waals surface area contributed by atoms with E-state index in [-0.39, 0.29) is 12.3 Å². The predicted molar refractivity (Wildman–Crippen MR) is 95.4 cm³/mol. The normalized spacial score (nSPS) is 15.1. The maximum Gasteiger partial charge on any atom is 0.184 e. The number of carbonyl (C=O) groups excluding carboxylic acids is 1. The lowest BCUT2D eigenvalue weighted by molar-refractivity contribution is -0.107. The first-order valence-electron chi connectivity index (χ1n) is 7.51. The zero-order valence-electron chi connectivity index (χ0n) is 14.3. The van der Waals surface area contributed by atoms with E-state index in [1.54, 1.807) is 6.08 Å². The summed E-state index contributed by atoms with van der Waals surface area (Å²) in [5.74, 6) is -0.335. The molecule has 1 N–H and O–H groups in total. The summed E-state index contributed by atoms with van der Waals surface area (Å²) in [5, 5.41) is 9.13. The summed E-state index contributed by atoms with van der Waals surface area (Å²) < 4.78 is 13.1. The minimum Gasteiger partial charge on any atom is -0.505 e. The van der Waals surface area contributed by atoms with Crippen molar-refractivity contribution in [2.45, 2.75) is 34.1 Å². The summed E-state index contributed by atoms with van der Waals surface area (Å²) in [6.45, 7) is 11.7. The van der Waals surface area contributed by atoms with E-state index in [9.17, 15) is 9.18 Å². The van der Waals surface area contributed by atoms with Gasteiger partial charge in [0.15, 0.2) is 12.0 Å². The van der Waals surface area contributed by atoms with Gasteiger partial charge in [0.1, 0.15) is 5.83 Å². The molecule has 0 aromatic heterocycles. The summed E-state index contributed by atoms with van der Waals surface area (Å²) in [6, 6.07) is 0. The minimum atomic E-state index is -0.393. The number of nitrogens with zero attached hydrogens (tertiary/aromatic N) is 1. The Kier molecular flexibility index (Phi) is 10.3.